The second-order valence-electron chi connectivity index (χ2n) is 9.44. The molecule has 36 heavy (non-hydrogen) atoms. The highest BCUT2D eigenvalue weighted by Crippen LogP contribution is 2.26. The molecule has 3 amide bonds. The molecule has 0 saturated heterocycles. The van der Waals surface area contributed by atoms with Crippen LogP contribution in [-0.2, 0) is 14.3 Å². The summed E-state index contributed by atoms with van der Waals surface area (Å²) in [4.78, 5) is 40.9. The predicted molar refractivity (Wildman–Crippen MR) is 138 cm³/mol. The van der Waals surface area contributed by atoms with Crippen molar-refractivity contribution in [3.8, 4) is 5.75 Å². The molecule has 2 aromatic carbocycles. The minimum atomic E-state index is -1.28. The third-order valence-corrected chi connectivity index (χ3v) is 5.23. The number of aliphatic hydroxyl groups is 1. The summed E-state index contributed by atoms with van der Waals surface area (Å²) >= 11 is 0. The van der Waals surface area contributed by atoms with Gasteiger partial charge in [-0.2, -0.15) is 0 Å². The van der Waals surface area contributed by atoms with Crippen LogP contribution in [0.5, 0.6) is 5.75 Å². The zero-order valence-corrected chi connectivity index (χ0v) is 21.8. The third kappa shape index (κ3) is 8.27. The van der Waals surface area contributed by atoms with Crippen molar-refractivity contribution in [3.05, 3.63) is 59.7 Å². The fourth-order valence-corrected chi connectivity index (χ4v) is 3.55. The fraction of sp³-hybridized carbons (Fsp3) is 0.444. The first-order valence-corrected chi connectivity index (χ1v) is 11.9. The van der Waals surface area contributed by atoms with Gasteiger partial charge in [-0.15, -0.1) is 0 Å². The first-order chi connectivity index (χ1) is 17.0. The van der Waals surface area contributed by atoms with Gasteiger partial charge in [-0.1, -0.05) is 36.8 Å². The van der Waals surface area contributed by atoms with E-state index in [1.54, 1.807) is 64.3 Å². The van der Waals surface area contributed by atoms with Gasteiger partial charge in [0.2, 0.25) is 5.91 Å². The topological polar surface area (TPSA) is 117 Å². The highest BCUT2D eigenvalue weighted by atomic mass is 16.6. The number of methoxy groups -OCH3 is 1. The highest BCUT2D eigenvalue weighted by molar-refractivity contribution is 5.99. The minimum absolute atomic E-state index is 0.222. The molecule has 196 valence electrons. The number of rotatable bonds is 10. The number of carbonyl (C=O) groups excluding carboxylic acids is 3. The molecule has 0 saturated carbocycles. The molecular formula is C27H37N3O6. The lowest BCUT2D eigenvalue weighted by atomic mass is 10.0. The first-order valence-electron chi connectivity index (χ1n) is 11.9. The van der Waals surface area contributed by atoms with E-state index in [-0.39, 0.29) is 6.54 Å². The SMILES string of the molecule is CCCN(C(=O)C(CO)NC(=O)OC(C)(C)C)C(C(=O)Nc1ccc(OC)cc1)c1ccc(C)cc1. The Labute approximate surface area is 212 Å². The van der Waals surface area contributed by atoms with Gasteiger partial charge < -0.3 is 30.1 Å². The number of amides is 3. The Balaban J connectivity index is 2.40. The average molecular weight is 500 g/mol. The summed E-state index contributed by atoms with van der Waals surface area (Å²) in [7, 11) is 1.55. The summed E-state index contributed by atoms with van der Waals surface area (Å²) in [6, 6.07) is 11.9. The van der Waals surface area contributed by atoms with Crippen LogP contribution in [0.3, 0.4) is 0 Å². The van der Waals surface area contributed by atoms with Crippen LogP contribution in [-0.4, -0.2) is 59.8 Å². The van der Waals surface area contributed by atoms with Crippen LogP contribution in [0.25, 0.3) is 0 Å². The van der Waals surface area contributed by atoms with E-state index in [1.165, 1.54) is 4.90 Å². The molecule has 0 heterocycles. The maximum absolute atomic E-state index is 13.6. The van der Waals surface area contributed by atoms with Crippen LogP contribution >= 0.6 is 0 Å². The summed E-state index contributed by atoms with van der Waals surface area (Å²) in [6.07, 6.45) is -0.282. The lowest BCUT2D eigenvalue weighted by molar-refractivity contribution is -0.141. The van der Waals surface area contributed by atoms with Crippen molar-refractivity contribution in [2.75, 3.05) is 25.6 Å². The van der Waals surface area contributed by atoms with E-state index < -0.39 is 42.2 Å². The smallest absolute Gasteiger partial charge is 0.408 e. The Hall–Kier alpha value is -3.59. The normalized spacial score (nSPS) is 12.8. The number of nitrogens with one attached hydrogen (secondary N) is 2. The number of nitrogens with zero attached hydrogens (tertiary/aromatic N) is 1. The Morgan fingerprint density at radius 3 is 2.14 bits per heavy atom. The summed E-state index contributed by atoms with van der Waals surface area (Å²) in [5, 5.41) is 15.2. The Kier molecular flexibility index (Phi) is 10.3. The first kappa shape index (κ1) is 28.6. The molecule has 0 radical (unpaired) electrons. The van der Waals surface area contributed by atoms with Gasteiger partial charge >= 0.3 is 6.09 Å². The molecule has 9 nitrogen and oxygen atoms in total. The molecule has 0 aliphatic carbocycles. The van der Waals surface area contributed by atoms with E-state index in [0.717, 1.165) is 5.56 Å². The maximum Gasteiger partial charge on any atom is 0.408 e. The molecule has 0 aromatic heterocycles. The van der Waals surface area contributed by atoms with Gasteiger partial charge in [-0.25, -0.2) is 4.79 Å². The van der Waals surface area contributed by atoms with Gasteiger partial charge in [0.15, 0.2) is 0 Å². The van der Waals surface area contributed by atoms with E-state index in [9.17, 15) is 19.5 Å². The molecule has 0 spiro atoms. The molecule has 0 aliphatic rings. The van der Waals surface area contributed by atoms with E-state index in [1.807, 2.05) is 26.0 Å². The largest absolute Gasteiger partial charge is 0.497 e. The van der Waals surface area contributed by atoms with Gasteiger partial charge in [0.1, 0.15) is 23.4 Å². The number of benzene rings is 2. The molecule has 2 unspecified atom stereocenters. The van der Waals surface area contributed by atoms with Gasteiger partial charge in [0.05, 0.1) is 13.7 Å². The predicted octanol–water partition coefficient (Wildman–Crippen LogP) is 3.81. The van der Waals surface area contributed by atoms with Crippen molar-refractivity contribution in [1.29, 1.82) is 0 Å². The number of alkyl carbamates (subject to hydrolysis) is 1. The quantitative estimate of drug-likeness (QED) is 0.458. The van der Waals surface area contributed by atoms with E-state index in [4.69, 9.17) is 9.47 Å². The highest BCUT2D eigenvalue weighted by Gasteiger charge is 2.35. The Morgan fingerprint density at radius 2 is 1.64 bits per heavy atom. The number of ether oxygens (including phenoxy) is 2. The summed E-state index contributed by atoms with van der Waals surface area (Å²) < 4.78 is 10.4. The summed E-state index contributed by atoms with van der Waals surface area (Å²) in [6.45, 7) is 8.47. The monoisotopic (exact) mass is 499 g/mol. The number of carbonyl (C=O) groups is 3. The number of aryl methyl sites for hydroxylation is 1. The Morgan fingerprint density at radius 1 is 1.03 bits per heavy atom. The fourth-order valence-electron chi connectivity index (χ4n) is 3.55. The van der Waals surface area contributed by atoms with Crippen LogP contribution in [0.4, 0.5) is 10.5 Å². The van der Waals surface area contributed by atoms with E-state index >= 15 is 0 Å². The van der Waals surface area contributed by atoms with Crippen LogP contribution in [0.2, 0.25) is 0 Å². The number of aliphatic hydroxyl groups excluding tert-OH is 1. The van der Waals surface area contributed by atoms with Crippen LogP contribution < -0.4 is 15.4 Å². The molecular weight excluding hydrogens is 462 g/mol. The van der Waals surface area contributed by atoms with Crippen molar-refractivity contribution < 1.29 is 29.0 Å². The minimum Gasteiger partial charge on any atom is -0.497 e. The Bertz CT molecular complexity index is 1020. The zero-order chi connectivity index (χ0) is 26.9. The second-order valence-corrected chi connectivity index (χ2v) is 9.44. The van der Waals surface area contributed by atoms with Crippen LogP contribution in [0.1, 0.15) is 51.3 Å². The molecule has 2 aromatic rings. The van der Waals surface area contributed by atoms with Crippen LogP contribution in [0.15, 0.2) is 48.5 Å². The average Bonchev–Trinajstić information content (AvgIpc) is 2.82. The number of anilines is 1. The molecule has 0 bridgehead atoms. The summed E-state index contributed by atoms with van der Waals surface area (Å²) in [5.41, 5.74) is 1.36. The molecule has 2 atom stereocenters. The molecule has 2 rings (SSSR count). The van der Waals surface area contributed by atoms with Crippen molar-refractivity contribution >= 4 is 23.6 Å². The molecule has 0 aliphatic heterocycles. The van der Waals surface area contributed by atoms with Crippen LogP contribution in [0, 0.1) is 6.92 Å². The lowest BCUT2D eigenvalue weighted by Crippen LogP contribution is -2.54. The molecule has 0 fully saturated rings. The van der Waals surface area contributed by atoms with Gasteiger partial charge in [0, 0.05) is 12.2 Å². The lowest BCUT2D eigenvalue weighted by Gasteiger charge is -2.34. The van der Waals surface area contributed by atoms with Gasteiger partial charge in [0.25, 0.3) is 5.91 Å². The zero-order valence-electron chi connectivity index (χ0n) is 21.8. The number of hydrogen-bond acceptors (Lipinski definition) is 6. The van der Waals surface area contributed by atoms with Gasteiger partial charge in [-0.3, -0.25) is 9.59 Å². The second kappa shape index (κ2) is 12.9. The van der Waals surface area contributed by atoms with Crippen molar-refractivity contribution in [2.24, 2.45) is 0 Å². The molecule has 9 heteroatoms. The third-order valence-electron chi connectivity index (χ3n) is 5.23. The van der Waals surface area contributed by atoms with Crippen molar-refractivity contribution in [2.45, 2.75) is 58.7 Å². The van der Waals surface area contributed by atoms with Crippen molar-refractivity contribution in [3.63, 3.8) is 0 Å². The number of hydrogen-bond donors (Lipinski definition) is 3. The maximum atomic E-state index is 13.6. The standard InChI is InChI=1S/C27H37N3O6/c1-7-16-30(25(33)22(17-31)29-26(34)36-27(3,4)5)23(19-10-8-18(2)9-11-19)24(32)28-20-12-14-21(35-6)15-13-20/h8-15,22-23,31H,7,16-17H2,1-6H3,(H,28,32)(H,29,34). The van der Waals surface area contributed by atoms with Crippen molar-refractivity contribution in [1.82, 2.24) is 10.2 Å². The van der Waals surface area contributed by atoms with E-state index in [2.05, 4.69) is 10.6 Å². The summed E-state index contributed by atoms with van der Waals surface area (Å²) in [5.74, 6) is -0.384. The van der Waals surface area contributed by atoms with E-state index in [0.29, 0.717) is 23.4 Å². The molecule has 3 N–H and O–H groups in total. The van der Waals surface area contributed by atoms with Gasteiger partial charge in [-0.05, 0) is 63.9 Å².